The maximum Gasteiger partial charge on any atom is 0.413 e. The van der Waals surface area contributed by atoms with Crippen LogP contribution in [0.5, 0.6) is 0 Å². The number of fused-ring (bicyclic) bond motifs is 3. The summed E-state index contributed by atoms with van der Waals surface area (Å²) in [6.07, 6.45) is 2.49. The number of piperazine rings is 1. The van der Waals surface area contributed by atoms with Gasteiger partial charge in [0.05, 0.1) is 11.5 Å². The second-order valence-corrected chi connectivity index (χ2v) is 10.3. The van der Waals surface area contributed by atoms with Crippen molar-refractivity contribution in [1.82, 2.24) is 20.2 Å². The van der Waals surface area contributed by atoms with Gasteiger partial charge in [-0.2, -0.15) is 0 Å². The molecule has 2 fully saturated rings. The van der Waals surface area contributed by atoms with Crippen LogP contribution in [0.15, 0.2) is 30.6 Å². The van der Waals surface area contributed by atoms with Crippen LogP contribution in [-0.2, 0) is 9.53 Å². The smallest absolute Gasteiger partial charge is 0.413 e. The molecule has 5 rings (SSSR count). The van der Waals surface area contributed by atoms with Crippen LogP contribution in [0.4, 0.5) is 16.4 Å². The molecule has 186 valence electrons. The van der Waals surface area contributed by atoms with Gasteiger partial charge in [-0.1, -0.05) is 37.6 Å². The second-order valence-electron chi connectivity index (χ2n) is 9.83. The molecule has 10 heteroatoms. The molecule has 9 nitrogen and oxygen atoms in total. The number of aromatic nitrogens is 2. The zero-order chi connectivity index (χ0) is 24.7. The Bertz CT molecular complexity index is 1100. The van der Waals surface area contributed by atoms with Crippen LogP contribution in [0.1, 0.15) is 56.8 Å². The van der Waals surface area contributed by atoms with E-state index >= 15 is 0 Å². The fraction of sp³-hybridized carbons (Fsp3) is 0.520. The minimum atomic E-state index is -0.503. The lowest BCUT2D eigenvalue weighted by atomic mass is 9.96. The monoisotopic (exact) mass is 498 g/mol. The first-order valence-corrected chi connectivity index (χ1v) is 12.6. The number of carbonyl (C=O) groups is 2. The number of likely N-dealkylation sites (tertiary alicyclic amines) is 1. The van der Waals surface area contributed by atoms with E-state index in [1.54, 1.807) is 0 Å². The first kappa shape index (κ1) is 23.8. The summed E-state index contributed by atoms with van der Waals surface area (Å²) in [5.74, 6) is 1.14. The molecule has 4 atom stereocenters. The van der Waals surface area contributed by atoms with E-state index in [1.807, 2.05) is 36.1 Å². The predicted octanol–water partition coefficient (Wildman–Crippen LogP) is 3.71. The Hall–Kier alpha value is -2.91. The van der Waals surface area contributed by atoms with Crippen LogP contribution in [0.25, 0.3) is 0 Å². The van der Waals surface area contributed by atoms with Gasteiger partial charge >= 0.3 is 6.09 Å². The number of cyclic esters (lactones) is 1. The van der Waals surface area contributed by atoms with Gasteiger partial charge in [-0.05, 0) is 37.5 Å². The topological polar surface area (TPSA) is 99.7 Å². The van der Waals surface area contributed by atoms with E-state index in [0.29, 0.717) is 30.5 Å². The number of nitrogens with zero attached hydrogens (tertiary/aromatic N) is 4. The predicted molar refractivity (Wildman–Crippen MR) is 134 cm³/mol. The highest BCUT2D eigenvalue weighted by molar-refractivity contribution is 6.30. The van der Waals surface area contributed by atoms with Gasteiger partial charge in [-0.15, -0.1) is 0 Å². The zero-order valence-electron chi connectivity index (χ0n) is 20.2. The highest BCUT2D eigenvalue weighted by atomic mass is 35.5. The van der Waals surface area contributed by atoms with Crippen LogP contribution in [0.2, 0.25) is 5.02 Å². The fourth-order valence-electron chi connectivity index (χ4n) is 5.46. The number of halogens is 1. The Morgan fingerprint density at radius 3 is 2.54 bits per heavy atom. The van der Waals surface area contributed by atoms with Gasteiger partial charge in [0.15, 0.2) is 0 Å². The largest absolute Gasteiger partial charge is 0.441 e. The van der Waals surface area contributed by atoms with E-state index in [0.717, 1.165) is 29.8 Å². The van der Waals surface area contributed by atoms with E-state index in [-0.39, 0.29) is 30.0 Å². The van der Waals surface area contributed by atoms with Crippen LogP contribution in [0.3, 0.4) is 0 Å². The quantitative estimate of drug-likeness (QED) is 0.626. The molecular formula is C25H31ClN6O3. The normalized spacial score (nSPS) is 24.1. The summed E-state index contributed by atoms with van der Waals surface area (Å²) in [5.41, 5.74) is 1.76. The van der Waals surface area contributed by atoms with Crippen LogP contribution in [-0.4, -0.2) is 64.6 Å². The summed E-state index contributed by atoms with van der Waals surface area (Å²) in [5, 5.41) is 6.78. The molecule has 0 radical (unpaired) electrons. The van der Waals surface area contributed by atoms with E-state index in [1.165, 1.54) is 6.33 Å². The van der Waals surface area contributed by atoms with Gasteiger partial charge in [0.1, 0.15) is 24.1 Å². The Morgan fingerprint density at radius 2 is 1.89 bits per heavy atom. The third kappa shape index (κ3) is 4.67. The minimum Gasteiger partial charge on any atom is -0.441 e. The van der Waals surface area contributed by atoms with Gasteiger partial charge in [-0.3, -0.25) is 10.1 Å². The Labute approximate surface area is 210 Å². The lowest BCUT2D eigenvalue weighted by molar-refractivity contribution is -0.133. The molecule has 0 saturated carbocycles. The summed E-state index contributed by atoms with van der Waals surface area (Å²) in [6.45, 7) is 7.82. The van der Waals surface area contributed by atoms with Crippen molar-refractivity contribution >= 4 is 35.2 Å². The number of rotatable bonds is 6. The molecule has 2 unspecified atom stereocenters. The van der Waals surface area contributed by atoms with Crippen molar-refractivity contribution in [2.45, 2.75) is 63.8 Å². The molecule has 2 saturated heterocycles. The zero-order valence-corrected chi connectivity index (χ0v) is 21.0. The van der Waals surface area contributed by atoms with E-state index in [2.05, 4.69) is 39.3 Å². The number of nitrogens with one attached hydrogen (secondary N) is 2. The van der Waals surface area contributed by atoms with Crippen LogP contribution < -0.4 is 15.5 Å². The molecule has 4 heterocycles. The van der Waals surface area contributed by atoms with Gasteiger partial charge in [0.2, 0.25) is 5.91 Å². The van der Waals surface area contributed by atoms with Crippen molar-refractivity contribution in [3.8, 4) is 0 Å². The average molecular weight is 499 g/mol. The summed E-state index contributed by atoms with van der Waals surface area (Å²) >= 11 is 6.10. The Kier molecular flexibility index (Phi) is 6.55. The highest BCUT2D eigenvalue weighted by Crippen LogP contribution is 2.41. The van der Waals surface area contributed by atoms with Gasteiger partial charge in [-0.25, -0.2) is 14.8 Å². The molecule has 3 aliphatic rings. The molecular weight excluding hydrogens is 468 g/mol. The van der Waals surface area contributed by atoms with Crippen molar-refractivity contribution in [2.75, 3.05) is 29.9 Å². The average Bonchev–Trinajstić information content (AvgIpc) is 3.08. The number of ether oxygens (including phenoxy) is 1. The number of amides is 2. The number of hydrogen-bond donors (Lipinski definition) is 2. The van der Waals surface area contributed by atoms with Crippen LogP contribution in [0, 0.1) is 0 Å². The van der Waals surface area contributed by atoms with E-state index < -0.39 is 12.2 Å². The third-order valence-electron chi connectivity index (χ3n) is 7.11. The Balaban J connectivity index is 1.38. The van der Waals surface area contributed by atoms with Gasteiger partial charge in [0.25, 0.3) is 0 Å². The molecule has 2 N–H and O–H groups in total. The molecule has 2 bridgehead atoms. The number of benzene rings is 1. The lowest BCUT2D eigenvalue weighted by Gasteiger charge is -2.44. The van der Waals surface area contributed by atoms with Crippen molar-refractivity contribution < 1.29 is 14.3 Å². The molecule has 1 aromatic carbocycles. The maximum atomic E-state index is 13.8. The summed E-state index contributed by atoms with van der Waals surface area (Å²) in [4.78, 5) is 38.8. The first-order valence-electron chi connectivity index (χ1n) is 12.2. The van der Waals surface area contributed by atoms with Gasteiger partial charge in [0, 0.05) is 42.8 Å². The van der Waals surface area contributed by atoms with Crippen molar-refractivity contribution in [1.29, 1.82) is 0 Å². The summed E-state index contributed by atoms with van der Waals surface area (Å²) in [7, 11) is 0. The lowest BCUT2D eigenvalue weighted by Crippen LogP contribution is -2.57. The molecule has 0 aliphatic carbocycles. The van der Waals surface area contributed by atoms with Gasteiger partial charge < -0.3 is 19.9 Å². The molecule has 2 amide bonds. The fourth-order valence-corrected chi connectivity index (χ4v) is 5.58. The summed E-state index contributed by atoms with van der Waals surface area (Å²) < 4.78 is 5.39. The van der Waals surface area contributed by atoms with Crippen molar-refractivity contribution in [3.05, 3.63) is 46.7 Å². The van der Waals surface area contributed by atoms with Crippen LogP contribution >= 0.6 is 11.6 Å². The summed E-state index contributed by atoms with van der Waals surface area (Å²) in [6, 6.07) is 8.14. The molecule has 35 heavy (non-hydrogen) atoms. The Morgan fingerprint density at radius 1 is 1.20 bits per heavy atom. The number of carbonyl (C=O) groups excluding carboxylic acids is 2. The number of hydrogen-bond acceptors (Lipinski definition) is 7. The second kappa shape index (κ2) is 9.62. The van der Waals surface area contributed by atoms with Crippen molar-refractivity contribution in [2.24, 2.45) is 0 Å². The van der Waals surface area contributed by atoms with E-state index in [4.69, 9.17) is 16.3 Å². The molecule has 1 aromatic heterocycles. The molecule has 2 aromatic rings. The molecule has 0 spiro atoms. The van der Waals surface area contributed by atoms with E-state index in [9.17, 15) is 9.59 Å². The maximum absolute atomic E-state index is 13.8. The third-order valence-corrected chi connectivity index (χ3v) is 7.36. The molecule has 3 aliphatic heterocycles. The number of anilines is 2. The standard InChI is InChI=1S/C25H31ClN6O3/c1-14(2)27-10-20(16-4-6-17(26)7-5-16)24(33)31-11-18-8-9-19(12-31)32(18)23-21-15(3)35-25(34)30-22(21)28-13-29-23/h4-7,13-15,18-20,27H,8-12H2,1-3H3,(H,28,29,30,34)/t15-,18?,19?,20+/m0/s1. The first-order chi connectivity index (χ1) is 16.8. The van der Waals surface area contributed by atoms with Crippen molar-refractivity contribution in [3.63, 3.8) is 0 Å². The minimum absolute atomic E-state index is 0.130. The SMILES string of the molecule is CC(C)NC[C@@H](C(=O)N1CC2CCC(C1)N2c1ncnc2c1[C@H](C)OC(=O)N2)c1ccc(Cl)cc1. The highest BCUT2D eigenvalue weighted by Gasteiger charge is 2.45.